The molecule has 6 rings (SSSR count). The summed E-state index contributed by atoms with van der Waals surface area (Å²) in [4.78, 5) is 25.6. The van der Waals surface area contributed by atoms with Crippen LogP contribution in [0.25, 0.3) is 0 Å². The number of ketones is 1. The molecule has 0 spiro atoms. The Bertz CT molecular complexity index is 1580. The van der Waals surface area contributed by atoms with Crippen LogP contribution < -0.4 is 5.32 Å². The van der Waals surface area contributed by atoms with Crippen molar-refractivity contribution in [1.29, 1.82) is 0 Å². The molecule has 2 saturated carbocycles. The average molecular weight is 628 g/mol. The maximum atomic E-state index is 15.2. The number of halogens is 5. The fourth-order valence-electron chi connectivity index (χ4n) is 8.86. The molecule has 2 aromatic rings. The van der Waals surface area contributed by atoms with Gasteiger partial charge in [0.05, 0.1) is 5.54 Å². The maximum Gasteiger partial charge on any atom is 0.456 e. The Balaban J connectivity index is 1.39. The summed E-state index contributed by atoms with van der Waals surface area (Å²) in [6.45, 7) is 5.19. The lowest BCUT2D eigenvalue weighted by atomic mass is 9.50. The summed E-state index contributed by atoms with van der Waals surface area (Å²) < 4.78 is 71.9. The van der Waals surface area contributed by atoms with E-state index in [9.17, 15) is 27.9 Å². The van der Waals surface area contributed by atoms with Gasteiger partial charge in [-0.2, -0.15) is 22.0 Å². The van der Waals surface area contributed by atoms with Gasteiger partial charge in [-0.1, -0.05) is 55.0 Å². The Morgan fingerprint density at radius 3 is 2.24 bits per heavy atom. The monoisotopic (exact) mass is 627 g/mol. The highest BCUT2D eigenvalue weighted by molar-refractivity contribution is 5.95. The van der Waals surface area contributed by atoms with Crippen molar-refractivity contribution < 1.29 is 36.6 Å². The van der Waals surface area contributed by atoms with Crippen molar-refractivity contribution in [2.24, 2.45) is 17.3 Å². The summed E-state index contributed by atoms with van der Waals surface area (Å²) in [5.74, 6) is -7.01. The van der Waals surface area contributed by atoms with Crippen LogP contribution in [0, 0.1) is 17.3 Å². The molecule has 4 nitrogen and oxygen atoms in total. The molecule has 0 saturated heterocycles. The van der Waals surface area contributed by atoms with Gasteiger partial charge in [0, 0.05) is 23.3 Å². The first kappa shape index (κ1) is 31.6. The molecule has 0 aromatic heterocycles. The van der Waals surface area contributed by atoms with E-state index in [2.05, 4.69) is 5.32 Å². The predicted octanol–water partition coefficient (Wildman–Crippen LogP) is 8.18. The Morgan fingerprint density at radius 2 is 1.60 bits per heavy atom. The Morgan fingerprint density at radius 1 is 0.933 bits per heavy atom. The van der Waals surface area contributed by atoms with E-state index in [1.807, 2.05) is 44.2 Å². The van der Waals surface area contributed by atoms with Gasteiger partial charge in [0.1, 0.15) is 5.60 Å². The number of benzene rings is 2. The second-order valence-corrected chi connectivity index (χ2v) is 14.0. The standard InChI is InChI=1S/C36H38F5NO3/c1-32(2,24-7-5-4-6-8-24)42-31(44)22-11-9-21(10-12-22)28-20-33(3)29(17-18-34(33,45)35(37,38)36(39,40)41)27-15-13-23-19-25(43)14-16-26(23)30(27)28/h4-12,19,27-29,45H,13-18,20H2,1-3H3,(H,42,44)/t27-,28+,29-,33-,34-/m0/s1. The minimum absolute atomic E-state index is 0.0267. The van der Waals surface area contributed by atoms with E-state index in [0.29, 0.717) is 36.8 Å². The molecule has 240 valence electrons. The highest BCUT2D eigenvalue weighted by atomic mass is 19.4. The molecule has 0 unspecified atom stereocenters. The third-order valence-electron chi connectivity index (χ3n) is 11.3. The van der Waals surface area contributed by atoms with Gasteiger partial charge in [-0.3, -0.25) is 9.59 Å². The number of hydrogen-bond acceptors (Lipinski definition) is 3. The van der Waals surface area contributed by atoms with Gasteiger partial charge in [-0.25, -0.2) is 0 Å². The first-order valence-corrected chi connectivity index (χ1v) is 15.6. The van der Waals surface area contributed by atoms with Crippen LogP contribution in [0.4, 0.5) is 22.0 Å². The van der Waals surface area contributed by atoms with Crippen LogP contribution in [-0.2, 0) is 10.3 Å². The normalized spacial score (nSPS) is 30.3. The number of alkyl halides is 5. The number of rotatable bonds is 5. The average Bonchev–Trinajstić information content (AvgIpc) is 3.27. The molecule has 2 N–H and O–H groups in total. The molecule has 2 aromatic carbocycles. The van der Waals surface area contributed by atoms with Gasteiger partial charge < -0.3 is 10.4 Å². The van der Waals surface area contributed by atoms with Crippen LogP contribution in [0.2, 0.25) is 0 Å². The number of allylic oxidation sites excluding steroid dienone is 4. The van der Waals surface area contributed by atoms with Crippen LogP contribution in [0.3, 0.4) is 0 Å². The second-order valence-electron chi connectivity index (χ2n) is 14.0. The lowest BCUT2D eigenvalue weighted by molar-refractivity contribution is -0.362. The highest BCUT2D eigenvalue weighted by Crippen LogP contribution is 2.70. The maximum absolute atomic E-state index is 15.2. The molecule has 5 atom stereocenters. The van der Waals surface area contributed by atoms with Crippen LogP contribution >= 0.6 is 0 Å². The molecule has 4 aliphatic rings. The molecule has 1 amide bonds. The fraction of sp³-hybridized carbons (Fsp3) is 0.500. The number of fused-ring (bicyclic) bond motifs is 4. The second kappa shape index (κ2) is 10.6. The van der Waals surface area contributed by atoms with Crippen LogP contribution in [-0.4, -0.2) is 34.5 Å². The topological polar surface area (TPSA) is 66.4 Å². The van der Waals surface area contributed by atoms with Crippen molar-refractivity contribution in [3.8, 4) is 0 Å². The third-order valence-corrected chi connectivity index (χ3v) is 11.3. The van der Waals surface area contributed by atoms with Gasteiger partial charge in [0.15, 0.2) is 5.78 Å². The Labute approximate surface area is 259 Å². The summed E-state index contributed by atoms with van der Waals surface area (Å²) in [7, 11) is 0. The molecule has 45 heavy (non-hydrogen) atoms. The highest BCUT2D eigenvalue weighted by Gasteiger charge is 2.79. The number of hydrogen-bond donors (Lipinski definition) is 2. The van der Waals surface area contributed by atoms with Gasteiger partial charge in [-0.05, 0) is 105 Å². The number of carbonyl (C=O) groups is 2. The first-order chi connectivity index (χ1) is 21.0. The molecule has 0 bridgehead atoms. The molecule has 0 aliphatic heterocycles. The van der Waals surface area contributed by atoms with Gasteiger partial charge >= 0.3 is 12.1 Å². The zero-order valence-electron chi connectivity index (χ0n) is 25.6. The van der Waals surface area contributed by atoms with Crippen molar-refractivity contribution in [3.05, 3.63) is 94.1 Å². The zero-order valence-corrected chi connectivity index (χ0v) is 25.6. The lowest BCUT2D eigenvalue weighted by Gasteiger charge is -2.56. The zero-order chi connectivity index (χ0) is 32.6. The Hall–Kier alpha value is -3.33. The molecule has 0 heterocycles. The van der Waals surface area contributed by atoms with E-state index in [4.69, 9.17) is 0 Å². The molecular formula is C36H38F5NO3. The number of aliphatic hydroxyl groups is 1. The van der Waals surface area contributed by atoms with E-state index in [-0.39, 0.29) is 30.4 Å². The number of nitrogens with one attached hydrogen (secondary N) is 1. The van der Waals surface area contributed by atoms with E-state index in [1.165, 1.54) is 6.92 Å². The summed E-state index contributed by atoms with van der Waals surface area (Å²) in [5.41, 5.74) is -0.763. The van der Waals surface area contributed by atoms with Crippen LogP contribution in [0.15, 0.2) is 77.4 Å². The van der Waals surface area contributed by atoms with Gasteiger partial charge in [0.2, 0.25) is 0 Å². The summed E-state index contributed by atoms with van der Waals surface area (Å²) in [6.07, 6.45) is -3.09. The lowest BCUT2D eigenvalue weighted by Crippen LogP contribution is -2.65. The van der Waals surface area contributed by atoms with Gasteiger partial charge in [-0.15, -0.1) is 0 Å². The largest absolute Gasteiger partial charge is 0.456 e. The molecule has 4 aliphatic carbocycles. The molecular weight excluding hydrogens is 589 g/mol. The number of amides is 1. The van der Waals surface area contributed by atoms with E-state index < -0.39 is 46.9 Å². The molecule has 9 heteroatoms. The Kier molecular flexibility index (Phi) is 7.46. The minimum atomic E-state index is -5.90. The quantitative estimate of drug-likeness (QED) is 0.329. The van der Waals surface area contributed by atoms with Crippen molar-refractivity contribution >= 4 is 11.7 Å². The van der Waals surface area contributed by atoms with Crippen molar-refractivity contribution in [3.63, 3.8) is 0 Å². The third kappa shape index (κ3) is 4.88. The molecule has 2 fully saturated rings. The van der Waals surface area contributed by atoms with E-state index in [0.717, 1.165) is 22.3 Å². The summed E-state index contributed by atoms with van der Waals surface area (Å²) in [6, 6.07) is 16.3. The van der Waals surface area contributed by atoms with Crippen molar-refractivity contribution in [2.75, 3.05) is 0 Å². The predicted molar refractivity (Wildman–Crippen MR) is 160 cm³/mol. The summed E-state index contributed by atoms with van der Waals surface area (Å²) in [5, 5.41) is 14.5. The first-order valence-electron chi connectivity index (χ1n) is 15.6. The smallest absolute Gasteiger partial charge is 0.383 e. The van der Waals surface area contributed by atoms with Crippen LogP contribution in [0.5, 0.6) is 0 Å². The fourth-order valence-corrected chi connectivity index (χ4v) is 8.86. The van der Waals surface area contributed by atoms with E-state index >= 15 is 8.78 Å². The molecule has 0 radical (unpaired) electrons. The van der Waals surface area contributed by atoms with Crippen molar-refractivity contribution in [2.45, 2.75) is 94.9 Å². The number of carbonyl (C=O) groups excluding carboxylic acids is 2. The SMILES string of the molecule is CC(C)(NC(=O)c1ccc([C@H]2C[C@@]3(C)[C@@H](CC[C@@]3(O)C(F)(F)C(F)(F)F)[C@@H]3CCC4=CC(=O)CCC4=C32)cc1)c1ccccc1. The van der Waals surface area contributed by atoms with Crippen molar-refractivity contribution in [1.82, 2.24) is 5.32 Å². The van der Waals surface area contributed by atoms with E-state index in [1.54, 1.807) is 30.3 Å². The summed E-state index contributed by atoms with van der Waals surface area (Å²) >= 11 is 0. The van der Waals surface area contributed by atoms with Crippen LogP contribution in [0.1, 0.15) is 93.1 Å². The van der Waals surface area contributed by atoms with Gasteiger partial charge in [0.25, 0.3) is 5.91 Å². The minimum Gasteiger partial charge on any atom is -0.383 e.